The monoisotopic (exact) mass is 252 g/mol. The van der Waals surface area contributed by atoms with Gasteiger partial charge in [-0.05, 0) is 37.8 Å². The van der Waals surface area contributed by atoms with Crippen molar-refractivity contribution < 1.29 is 9.52 Å². The van der Waals surface area contributed by atoms with Crippen molar-refractivity contribution in [1.82, 2.24) is 0 Å². The van der Waals surface area contributed by atoms with E-state index < -0.39 is 6.10 Å². The second-order valence-electron chi connectivity index (χ2n) is 5.18. The standard InChI is InChI=1S/C14H24N2O2/c15-9-8-12(17)13-6-7-14(18-13)16-10-11-4-2-1-3-5-11/h6-7,11-12,16-17H,1-5,8-10,15H2. The first-order valence-corrected chi connectivity index (χ1v) is 7.01. The Bertz CT molecular complexity index is 345. The summed E-state index contributed by atoms with van der Waals surface area (Å²) in [6, 6.07) is 3.71. The third kappa shape index (κ3) is 3.75. The number of rotatable bonds is 6. The first-order chi connectivity index (χ1) is 8.79. The number of hydrogen-bond acceptors (Lipinski definition) is 4. The van der Waals surface area contributed by atoms with Crippen LogP contribution in [0.15, 0.2) is 16.5 Å². The van der Waals surface area contributed by atoms with Gasteiger partial charge in [0.05, 0.1) is 0 Å². The average molecular weight is 252 g/mol. The van der Waals surface area contributed by atoms with E-state index in [4.69, 9.17) is 10.2 Å². The molecule has 0 radical (unpaired) electrons. The smallest absolute Gasteiger partial charge is 0.193 e. The summed E-state index contributed by atoms with van der Waals surface area (Å²) < 4.78 is 5.57. The Labute approximate surface area is 109 Å². The predicted molar refractivity (Wildman–Crippen MR) is 72.4 cm³/mol. The van der Waals surface area contributed by atoms with Gasteiger partial charge in [0.1, 0.15) is 11.9 Å². The molecule has 1 aliphatic carbocycles. The van der Waals surface area contributed by atoms with Gasteiger partial charge in [-0.15, -0.1) is 0 Å². The number of furan rings is 1. The lowest BCUT2D eigenvalue weighted by Crippen LogP contribution is -2.16. The molecule has 4 heteroatoms. The van der Waals surface area contributed by atoms with E-state index in [0.29, 0.717) is 18.7 Å². The lowest BCUT2D eigenvalue weighted by atomic mass is 9.89. The third-order valence-electron chi connectivity index (χ3n) is 3.69. The summed E-state index contributed by atoms with van der Waals surface area (Å²) in [4.78, 5) is 0. The molecule has 0 spiro atoms. The van der Waals surface area contributed by atoms with Crippen LogP contribution in [-0.4, -0.2) is 18.2 Å². The van der Waals surface area contributed by atoms with Crippen molar-refractivity contribution in [2.75, 3.05) is 18.4 Å². The lowest BCUT2D eigenvalue weighted by molar-refractivity contribution is 0.144. The second-order valence-corrected chi connectivity index (χ2v) is 5.18. The van der Waals surface area contributed by atoms with Crippen LogP contribution in [0.5, 0.6) is 0 Å². The van der Waals surface area contributed by atoms with E-state index in [1.807, 2.05) is 12.1 Å². The van der Waals surface area contributed by atoms with Gasteiger partial charge in [0.15, 0.2) is 5.88 Å². The highest BCUT2D eigenvalue weighted by atomic mass is 16.4. The zero-order chi connectivity index (χ0) is 12.8. The normalized spacial score (nSPS) is 18.8. The zero-order valence-electron chi connectivity index (χ0n) is 10.9. The van der Waals surface area contributed by atoms with Gasteiger partial charge in [-0.1, -0.05) is 19.3 Å². The van der Waals surface area contributed by atoms with E-state index in [2.05, 4.69) is 5.32 Å². The first-order valence-electron chi connectivity index (χ1n) is 7.01. The number of aliphatic hydroxyl groups excluding tert-OH is 1. The zero-order valence-corrected chi connectivity index (χ0v) is 10.9. The van der Waals surface area contributed by atoms with Gasteiger partial charge < -0.3 is 20.6 Å². The molecule has 1 fully saturated rings. The van der Waals surface area contributed by atoms with Crippen molar-refractivity contribution in [3.05, 3.63) is 17.9 Å². The molecule has 0 aromatic carbocycles. The summed E-state index contributed by atoms with van der Waals surface area (Å²) in [5.41, 5.74) is 5.41. The molecule has 0 bridgehead atoms. The van der Waals surface area contributed by atoms with Crippen LogP contribution >= 0.6 is 0 Å². The molecule has 1 aromatic rings. The Morgan fingerprint density at radius 1 is 1.33 bits per heavy atom. The third-order valence-corrected chi connectivity index (χ3v) is 3.69. The largest absolute Gasteiger partial charge is 0.443 e. The van der Waals surface area contributed by atoms with Crippen molar-refractivity contribution >= 4 is 5.88 Å². The molecule has 18 heavy (non-hydrogen) atoms. The lowest BCUT2D eigenvalue weighted by Gasteiger charge is -2.21. The number of aliphatic hydroxyl groups is 1. The molecule has 4 nitrogen and oxygen atoms in total. The van der Waals surface area contributed by atoms with Crippen molar-refractivity contribution in [1.29, 1.82) is 0 Å². The van der Waals surface area contributed by atoms with Crippen LogP contribution in [0.3, 0.4) is 0 Å². The van der Waals surface area contributed by atoms with Gasteiger partial charge in [0.25, 0.3) is 0 Å². The topological polar surface area (TPSA) is 71.4 Å². The molecular weight excluding hydrogens is 228 g/mol. The minimum absolute atomic E-state index is 0.465. The van der Waals surface area contributed by atoms with Gasteiger partial charge in [0.2, 0.25) is 0 Å². The van der Waals surface area contributed by atoms with Crippen LogP contribution in [-0.2, 0) is 0 Å². The fraction of sp³-hybridized carbons (Fsp3) is 0.714. The van der Waals surface area contributed by atoms with Crippen molar-refractivity contribution in [3.63, 3.8) is 0 Å². The predicted octanol–water partition coefficient (Wildman–Crippen LogP) is 2.65. The molecule has 0 amide bonds. The molecule has 1 saturated carbocycles. The number of nitrogens with one attached hydrogen (secondary N) is 1. The van der Waals surface area contributed by atoms with Gasteiger partial charge in [0, 0.05) is 12.6 Å². The molecule has 1 unspecified atom stereocenters. The van der Waals surface area contributed by atoms with Crippen molar-refractivity contribution in [2.45, 2.75) is 44.6 Å². The summed E-state index contributed by atoms with van der Waals surface area (Å²) in [6.45, 7) is 1.44. The van der Waals surface area contributed by atoms with Crippen molar-refractivity contribution in [2.24, 2.45) is 11.7 Å². The van der Waals surface area contributed by atoms with E-state index in [1.165, 1.54) is 32.1 Å². The minimum Gasteiger partial charge on any atom is -0.443 e. The average Bonchev–Trinajstić information content (AvgIpc) is 2.87. The molecular formula is C14H24N2O2. The van der Waals surface area contributed by atoms with Crippen molar-refractivity contribution in [3.8, 4) is 0 Å². The minimum atomic E-state index is -0.583. The highest BCUT2D eigenvalue weighted by Crippen LogP contribution is 2.25. The van der Waals surface area contributed by atoms with Gasteiger partial charge >= 0.3 is 0 Å². The molecule has 1 atom stereocenters. The molecule has 0 aliphatic heterocycles. The van der Waals surface area contributed by atoms with Crippen LogP contribution in [0, 0.1) is 5.92 Å². The van der Waals surface area contributed by atoms with Gasteiger partial charge in [-0.3, -0.25) is 0 Å². The van der Waals surface area contributed by atoms with Gasteiger partial charge in [-0.25, -0.2) is 0 Å². The quantitative estimate of drug-likeness (QED) is 0.728. The fourth-order valence-electron chi connectivity index (χ4n) is 2.56. The number of nitrogens with two attached hydrogens (primary N) is 1. The summed E-state index contributed by atoms with van der Waals surface area (Å²) in [5.74, 6) is 2.12. The Balaban J connectivity index is 1.79. The Kier molecular flexibility index (Phi) is 5.08. The summed E-state index contributed by atoms with van der Waals surface area (Å²) >= 11 is 0. The second kappa shape index (κ2) is 6.81. The van der Waals surface area contributed by atoms with E-state index in [1.54, 1.807) is 0 Å². The first kappa shape index (κ1) is 13.4. The molecule has 1 aromatic heterocycles. The van der Waals surface area contributed by atoms with E-state index in [9.17, 15) is 5.11 Å². The van der Waals surface area contributed by atoms with Crippen LogP contribution in [0.4, 0.5) is 5.88 Å². The molecule has 2 rings (SSSR count). The molecule has 1 heterocycles. The number of anilines is 1. The Morgan fingerprint density at radius 2 is 2.11 bits per heavy atom. The Hall–Kier alpha value is -1.00. The molecule has 4 N–H and O–H groups in total. The van der Waals surface area contributed by atoms with Gasteiger partial charge in [-0.2, -0.15) is 0 Å². The molecule has 102 valence electrons. The van der Waals surface area contributed by atoms with E-state index in [0.717, 1.165) is 18.3 Å². The summed E-state index contributed by atoms with van der Waals surface area (Å²) in [5, 5.41) is 13.1. The van der Waals surface area contributed by atoms with E-state index in [-0.39, 0.29) is 0 Å². The molecule has 0 saturated heterocycles. The fourth-order valence-corrected chi connectivity index (χ4v) is 2.56. The maximum atomic E-state index is 9.75. The van der Waals surface area contributed by atoms with Crippen LogP contribution in [0.1, 0.15) is 50.4 Å². The summed E-state index contributed by atoms with van der Waals surface area (Å²) in [7, 11) is 0. The van der Waals surface area contributed by atoms with Crippen LogP contribution in [0.2, 0.25) is 0 Å². The van der Waals surface area contributed by atoms with E-state index >= 15 is 0 Å². The Morgan fingerprint density at radius 3 is 2.83 bits per heavy atom. The summed E-state index contributed by atoms with van der Waals surface area (Å²) in [6.07, 6.45) is 6.67. The maximum absolute atomic E-state index is 9.75. The maximum Gasteiger partial charge on any atom is 0.193 e. The highest BCUT2D eigenvalue weighted by Gasteiger charge is 2.15. The number of hydrogen-bond donors (Lipinski definition) is 3. The molecule has 1 aliphatic rings. The SMILES string of the molecule is NCCC(O)c1ccc(NCC2CCCCC2)o1. The van der Waals surface area contributed by atoms with Crippen LogP contribution < -0.4 is 11.1 Å². The highest BCUT2D eigenvalue weighted by molar-refractivity contribution is 5.32. The van der Waals surface area contributed by atoms with Crippen LogP contribution in [0.25, 0.3) is 0 Å².